The number of hydrogen-bond donors (Lipinski definition) is 3. The van der Waals surface area contributed by atoms with E-state index in [0.29, 0.717) is 6.61 Å². The van der Waals surface area contributed by atoms with Crippen molar-refractivity contribution in [1.29, 1.82) is 0 Å². The molecule has 3 N–H and O–H groups in total. The van der Waals surface area contributed by atoms with Crippen LogP contribution in [0, 0.1) is 0 Å². The summed E-state index contributed by atoms with van der Waals surface area (Å²) in [6.07, 6.45) is 16.4. The number of aliphatic hydroxyl groups excluding tert-OH is 3. The van der Waals surface area contributed by atoms with Gasteiger partial charge in [0.25, 0.3) is 0 Å². The van der Waals surface area contributed by atoms with Crippen molar-refractivity contribution in [2.75, 3.05) is 19.8 Å². The molecule has 1 rings (SSSR count). The molecule has 0 aliphatic carbocycles. The van der Waals surface area contributed by atoms with Crippen molar-refractivity contribution in [3.8, 4) is 0 Å². The van der Waals surface area contributed by atoms with Crippen molar-refractivity contribution in [1.82, 2.24) is 0 Å². The molecule has 0 spiro atoms. The highest BCUT2D eigenvalue weighted by Crippen LogP contribution is 2.19. The number of allylic oxidation sites excluding steroid dienone is 2. The fraction of sp³-hybridized carbons (Fsp3) is 0.909. The first-order valence-corrected chi connectivity index (χ1v) is 11.1. The molecule has 1 heterocycles. The molecule has 1 aliphatic rings. The largest absolute Gasteiger partial charge is 0.394 e. The minimum Gasteiger partial charge on any atom is -0.394 e. The Labute approximate surface area is 165 Å². The molecule has 4 atom stereocenters. The number of unbranched alkanes of at least 4 members (excludes halogenated alkanes) is 10. The molecule has 1 fully saturated rings. The molecular formula is C22H42O5. The third-order valence-electron chi connectivity index (χ3n) is 5.22. The summed E-state index contributed by atoms with van der Waals surface area (Å²) in [6, 6.07) is 0. The summed E-state index contributed by atoms with van der Waals surface area (Å²) in [5.74, 6) is 0. The average molecular weight is 387 g/mol. The van der Waals surface area contributed by atoms with E-state index in [4.69, 9.17) is 14.6 Å². The van der Waals surface area contributed by atoms with Crippen LogP contribution in [0.1, 0.15) is 84.0 Å². The van der Waals surface area contributed by atoms with Gasteiger partial charge in [0, 0.05) is 6.61 Å². The van der Waals surface area contributed by atoms with Crippen LogP contribution >= 0.6 is 0 Å². The number of aliphatic hydroxyl groups is 3. The standard InChI is InChI=1S/C22H42O5/c1-2-3-4-5-6-7-8-9-10-11-12-13-14-15-16-26-22-19(24)18-27-20(17-23)21(22)25/h5-6,19-25H,2-4,7-18H2,1H3/b6-5+/t19-,20+,21+,22+/m1/s1. The summed E-state index contributed by atoms with van der Waals surface area (Å²) >= 11 is 0. The van der Waals surface area contributed by atoms with E-state index in [2.05, 4.69) is 19.1 Å². The van der Waals surface area contributed by atoms with Gasteiger partial charge >= 0.3 is 0 Å². The van der Waals surface area contributed by atoms with Gasteiger partial charge in [0.2, 0.25) is 0 Å². The van der Waals surface area contributed by atoms with Gasteiger partial charge in [0.1, 0.15) is 24.4 Å². The number of rotatable bonds is 16. The second-order valence-corrected chi connectivity index (χ2v) is 7.68. The van der Waals surface area contributed by atoms with Crippen molar-refractivity contribution in [3.63, 3.8) is 0 Å². The second kappa shape index (κ2) is 16.5. The van der Waals surface area contributed by atoms with Crippen molar-refractivity contribution >= 4 is 0 Å². The van der Waals surface area contributed by atoms with Gasteiger partial charge < -0.3 is 24.8 Å². The summed E-state index contributed by atoms with van der Waals surface area (Å²) < 4.78 is 10.8. The Morgan fingerprint density at radius 2 is 1.48 bits per heavy atom. The van der Waals surface area contributed by atoms with Crippen molar-refractivity contribution in [2.24, 2.45) is 0 Å². The van der Waals surface area contributed by atoms with Crippen LogP contribution in [0.5, 0.6) is 0 Å². The van der Waals surface area contributed by atoms with Gasteiger partial charge in [-0.15, -0.1) is 0 Å². The molecule has 5 nitrogen and oxygen atoms in total. The zero-order valence-electron chi connectivity index (χ0n) is 17.2. The van der Waals surface area contributed by atoms with Gasteiger partial charge in [-0.25, -0.2) is 0 Å². The lowest BCUT2D eigenvalue weighted by atomic mass is 10.0. The lowest BCUT2D eigenvalue weighted by Gasteiger charge is -2.37. The zero-order valence-corrected chi connectivity index (χ0v) is 17.2. The summed E-state index contributed by atoms with van der Waals surface area (Å²) in [4.78, 5) is 0. The Morgan fingerprint density at radius 1 is 0.889 bits per heavy atom. The van der Waals surface area contributed by atoms with Crippen LogP contribution in [-0.4, -0.2) is 59.6 Å². The molecule has 0 aromatic heterocycles. The third-order valence-corrected chi connectivity index (χ3v) is 5.22. The van der Waals surface area contributed by atoms with E-state index in [1.54, 1.807) is 0 Å². The summed E-state index contributed by atoms with van der Waals surface area (Å²) in [6.45, 7) is 2.60. The van der Waals surface area contributed by atoms with E-state index < -0.39 is 24.4 Å². The lowest BCUT2D eigenvalue weighted by Crippen LogP contribution is -2.55. The molecule has 27 heavy (non-hydrogen) atoms. The predicted molar refractivity (Wildman–Crippen MR) is 109 cm³/mol. The number of hydrogen-bond acceptors (Lipinski definition) is 5. The maximum absolute atomic E-state index is 10.0. The van der Waals surface area contributed by atoms with Gasteiger partial charge in [-0.1, -0.05) is 70.4 Å². The summed E-state index contributed by atoms with van der Waals surface area (Å²) in [5.41, 5.74) is 0. The fourth-order valence-corrected chi connectivity index (χ4v) is 3.43. The lowest BCUT2D eigenvalue weighted by molar-refractivity contribution is -0.210. The van der Waals surface area contributed by atoms with Crippen LogP contribution in [-0.2, 0) is 9.47 Å². The smallest absolute Gasteiger partial charge is 0.114 e. The van der Waals surface area contributed by atoms with Crippen LogP contribution in [0.4, 0.5) is 0 Å². The SMILES string of the molecule is CCCC/C=C/CCCCCCCCCCO[C@@H]1[C@@H](O)[C@H](CO)OC[C@H]1O. The van der Waals surface area contributed by atoms with Crippen molar-refractivity contribution in [2.45, 2.75) is 108 Å². The average Bonchev–Trinajstić information content (AvgIpc) is 2.67. The molecule has 0 amide bonds. The van der Waals surface area contributed by atoms with Gasteiger partial charge in [0.15, 0.2) is 0 Å². The van der Waals surface area contributed by atoms with Crippen LogP contribution in [0.2, 0.25) is 0 Å². The molecule has 0 bridgehead atoms. The number of ether oxygens (including phenoxy) is 2. The van der Waals surface area contributed by atoms with Crippen LogP contribution in [0.15, 0.2) is 12.2 Å². The Morgan fingerprint density at radius 3 is 2.11 bits per heavy atom. The molecule has 0 radical (unpaired) electrons. The van der Waals surface area contributed by atoms with E-state index in [9.17, 15) is 10.2 Å². The molecule has 1 saturated heterocycles. The molecule has 0 unspecified atom stereocenters. The van der Waals surface area contributed by atoms with Crippen LogP contribution in [0.25, 0.3) is 0 Å². The Bertz CT molecular complexity index is 361. The molecule has 0 saturated carbocycles. The van der Waals surface area contributed by atoms with Gasteiger partial charge in [-0.05, 0) is 25.7 Å². The highest BCUT2D eigenvalue weighted by atomic mass is 16.6. The monoisotopic (exact) mass is 386 g/mol. The minimum atomic E-state index is -0.972. The van der Waals surface area contributed by atoms with Crippen molar-refractivity contribution in [3.05, 3.63) is 12.2 Å². The molecule has 0 aromatic carbocycles. The maximum atomic E-state index is 10.0. The van der Waals surface area contributed by atoms with Crippen LogP contribution < -0.4 is 0 Å². The van der Waals surface area contributed by atoms with E-state index in [1.807, 2.05) is 0 Å². The second-order valence-electron chi connectivity index (χ2n) is 7.68. The molecule has 5 heteroatoms. The van der Waals surface area contributed by atoms with Crippen molar-refractivity contribution < 1.29 is 24.8 Å². The van der Waals surface area contributed by atoms with Gasteiger partial charge in [-0.2, -0.15) is 0 Å². The van der Waals surface area contributed by atoms with E-state index in [1.165, 1.54) is 64.2 Å². The van der Waals surface area contributed by atoms with Crippen LogP contribution in [0.3, 0.4) is 0 Å². The minimum absolute atomic E-state index is 0.0987. The topological polar surface area (TPSA) is 79.2 Å². The Hall–Kier alpha value is -0.460. The zero-order chi connectivity index (χ0) is 19.7. The van der Waals surface area contributed by atoms with E-state index >= 15 is 0 Å². The molecular weight excluding hydrogens is 344 g/mol. The predicted octanol–water partition coefficient (Wildman–Crippen LogP) is 3.74. The molecule has 0 aromatic rings. The van der Waals surface area contributed by atoms with Gasteiger partial charge in [0.05, 0.1) is 13.2 Å². The Balaban J connectivity index is 1.89. The van der Waals surface area contributed by atoms with E-state index in [0.717, 1.165) is 12.8 Å². The first-order valence-electron chi connectivity index (χ1n) is 11.1. The first-order chi connectivity index (χ1) is 13.2. The quantitative estimate of drug-likeness (QED) is 0.278. The molecule has 1 aliphatic heterocycles. The third kappa shape index (κ3) is 11.2. The highest BCUT2D eigenvalue weighted by Gasteiger charge is 2.38. The van der Waals surface area contributed by atoms with E-state index in [-0.39, 0.29) is 13.2 Å². The summed E-state index contributed by atoms with van der Waals surface area (Å²) in [7, 11) is 0. The first kappa shape index (κ1) is 24.6. The fourth-order valence-electron chi connectivity index (χ4n) is 3.43. The van der Waals surface area contributed by atoms with Gasteiger partial charge in [-0.3, -0.25) is 0 Å². The maximum Gasteiger partial charge on any atom is 0.114 e. The Kier molecular flexibility index (Phi) is 15.0. The highest BCUT2D eigenvalue weighted by molar-refractivity contribution is 4.87. The normalized spacial score (nSPS) is 26.1. The summed E-state index contributed by atoms with van der Waals surface area (Å²) in [5, 5.41) is 29.1. The molecule has 160 valence electrons.